The summed E-state index contributed by atoms with van der Waals surface area (Å²) < 4.78 is 40.8. The van der Waals surface area contributed by atoms with Gasteiger partial charge in [0.05, 0.1) is 16.3 Å². The molecule has 0 aliphatic heterocycles. The largest absolute Gasteiger partial charge is 0.271 e. The van der Waals surface area contributed by atoms with Crippen LogP contribution < -0.4 is 9.73 Å². The molecule has 0 saturated heterocycles. The molecule has 0 aromatic heterocycles. The third-order valence-corrected chi connectivity index (χ3v) is 6.80. The van der Waals surface area contributed by atoms with Crippen LogP contribution in [-0.4, -0.2) is 26.6 Å². The molecule has 8 heteroatoms. The summed E-state index contributed by atoms with van der Waals surface area (Å²) in [4.78, 5) is 12.7. The van der Waals surface area contributed by atoms with Crippen molar-refractivity contribution in [2.75, 3.05) is 10.8 Å². The van der Waals surface area contributed by atoms with Gasteiger partial charge in [-0.1, -0.05) is 36.4 Å². The first-order valence-corrected chi connectivity index (χ1v) is 11.4. The number of amides is 1. The summed E-state index contributed by atoms with van der Waals surface area (Å²) in [5, 5.41) is 4.03. The van der Waals surface area contributed by atoms with Crippen LogP contribution >= 0.6 is 0 Å². The molecule has 0 radical (unpaired) electrons. The highest BCUT2D eigenvalue weighted by Crippen LogP contribution is 2.25. The van der Waals surface area contributed by atoms with E-state index < -0.39 is 22.5 Å². The van der Waals surface area contributed by atoms with Crippen molar-refractivity contribution in [2.45, 2.75) is 25.7 Å². The highest BCUT2D eigenvalue weighted by Gasteiger charge is 2.27. The number of hydrogen-bond donors (Lipinski definition) is 1. The predicted molar refractivity (Wildman–Crippen MR) is 124 cm³/mol. The lowest BCUT2D eigenvalue weighted by atomic mass is 10.1. The molecule has 1 N–H and O–H groups in total. The molecule has 0 fully saturated rings. The van der Waals surface area contributed by atoms with Crippen molar-refractivity contribution in [2.24, 2.45) is 5.10 Å². The summed E-state index contributed by atoms with van der Waals surface area (Å²) in [6.45, 7) is 5.01. The number of aryl methyl sites for hydroxylation is 2. The number of hydrogen-bond acceptors (Lipinski definition) is 4. The molecule has 0 heterocycles. The molecular formula is C24H24FN3O3S. The number of anilines is 1. The van der Waals surface area contributed by atoms with Crippen LogP contribution in [0, 0.1) is 19.7 Å². The molecule has 6 nitrogen and oxygen atoms in total. The zero-order valence-corrected chi connectivity index (χ0v) is 18.9. The Balaban J connectivity index is 1.88. The summed E-state index contributed by atoms with van der Waals surface area (Å²) in [5.74, 6) is -0.982. The van der Waals surface area contributed by atoms with Crippen LogP contribution in [-0.2, 0) is 14.8 Å². The monoisotopic (exact) mass is 453 g/mol. The highest BCUT2D eigenvalue weighted by molar-refractivity contribution is 7.92. The van der Waals surface area contributed by atoms with E-state index in [0.717, 1.165) is 15.4 Å². The van der Waals surface area contributed by atoms with Crippen molar-refractivity contribution in [3.8, 4) is 0 Å². The van der Waals surface area contributed by atoms with E-state index in [1.807, 2.05) is 19.9 Å². The predicted octanol–water partition coefficient (Wildman–Crippen LogP) is 4.18. The Morgan fingerprint density at radius 1 is 0.969 bits per heavy atom. The van der Waals surface area contributed by atoms with Crippen molar-refractivity contribution in [3.63, 3.8) is 0 Å². The second kappa shape index (κ2) is 9.74. The van der Waals surface area contributed by atoms with Crippen LogP contribution in [0.15, 0.2) is 82.8 Å². The summed E-state index contributed by atoms with van der Waals surface area (Å²) in [6.07, 6.45) is 0. The number of nitrogens with one attached hydrogen (secondary N) is 1. The zero-order valence-electron chi connectivity index (χ0n) is 18.0. The Kier molecular flexibility index (Phi) is 7.05. The molecular weight excluding hydrogens is 429 g/mol. The van der Waals surface area contributed by atoms with Gasteiger partial charge in [-0.2, -0.15) is 5.10 Å². The van der Waals surface area contributed by atoms with Gasteiger partial charge in [-0.25, -0.2) is 18.2 Å². The molecule has 166 valence electrons. The third-order valence-electron chi connectivity index (χ3n) is 5.01. The van der Waals surface area contributed by atoms with Gasteiger partial charge in [0.25, 0.3) is 15.9 Å². The molecule has 0 unspecified atom stereocenters. The molecule has 0 bridgehead atoms. The van der Waals surface area contributed by atoms with Gasteiger partial charge in [0.2, 0.25) is 0 Å². The Bertz CT molecular complexity index is 1240. The van der Waals surface area contributed by atoms with Gasteiger partial charge in [0, 0.05) is 0 Å². The van der Waals surface area contributed by atoms with Gasteiger partial charge in [0.15, 0.2) is 0 Å². The van der Waals surface area contributed by atoms with E-state index in [2.05, 4.69) is 10.5 Å². The molecule has 3 rings (SSSR count). The zero-order chi connectivity index (χ0) is 23.3. The minimum absolute atomic E-state index is 0.0806. The average molecular weight is 454 g/mol. The molecule has 0 atom stereocenters. The summed E-state index contributed by atoms with van der Waals surface area (Å²) in [5.41, 5.74) is 5.78. The first-order valence-electron chi connectivity index (χ1n) is 9.92. The molecule has 0 saturated carbocycles. The van der Waals surface area contributed by atoms with Crippen molar-refractivity contribution in [1.82, 2.24) is 5.43 Å². The lowest BCUT2D eigenvalue weighted by Gasteiger charge is -2.24. The van der Waals surface area contributed by atoms with E-state index in [-0.39, 0.29) is 10.7 Å². The third kappa shape index (κ3) is 5.39. The fourth-order valence-electron chi connectivity index (χ4n) is 2.98. The van der Waals surface area contributed by atoms with Crippen LogP contribution in [0.3, 0.4) is 0 Å². The molecule has 1 amide bonds. The first-order chi connectivity index (χ1) is 15.2. The minimum atomic E-state index is -3.99. The number of rotatable bonds is 7. The topological polar surface area (TPSA) is 78.8 Å². The van der Waals surface area contributed by atoms with Crippen LogP contribution in [0.5, 0.6) is 0 Å². The van der Waals surface area contributed by atoms with Crippen molar-refractivity contribution in [3.05, 3.63) is 95.3 Å². The Labute approximate surface area is 187 Å². The van der Waals surface area contributed by atoms with Gasteiger partial charge in [-0.05, 0) is 73.9 Å². The number of sulfonamides is 1. The quantitative estimate of drug-likeness (QED) is 0.431. The first kappa shape index (κ1) is 23.1. The molecule has 0 spiro atoms. The van der Waals surface area contributed by atoms with Crippen molar-refractivity contribution >= 4 is 27.3 Å². The normalized spacial score (nSPS) is 11.8. The minimum Gasteiger partial charge on any atom is -0.271 e. The van der Waals surface area contributed by atoms with Gasteiger partial charge < -0.3 is 0 Å². The van der Waals surface area contributed by atoms with Gasteiger partial charge in [-0.3, -0.25) is 9.10 Å². The molecule has 3 aromatic carbocycles. The molecule has 3 aromatic rings. The lowest BCUT2D eigenvalue weighted by molar-refractivity contribution is -0.119. The van der Waals surface area contributed by atoms with Gasteiger partial charge in [-0.15, -0.1) is 0 Å². The number of halogens is 1. The van der Waals surface area contributed by atoms with Crippen LogP contribution in [0.1, 0.15) is 23.6 Å². The van der Waals surface area contributed by atoms with Crippen LogP contribution in [0.25, 0.3) is 0 Å². The number of carbonyl (C=O) groups excluding carboxylic acids is 1. The van der Waals surface area contributed by atoms with Gasteiger partial charge >= 0.3 is 0 Å². The van der Waals surface area contributed by atoms with Crippen LogP contribution in [0.2, 0.25) is 0 Å². The van der Waals surface area contributed by atoms with Crippen LogP contribution in [0.4, 0.5) is 10.1 Å². The summed E-state index contributed by atoms with van der Waals surface area (Å²) in [7, 11) is -3.99. The second-order valence-electron chi connectivity index (χ2n) is 7.33. The van der Waals surface area contributed by atoms with Gasteiger partial charge in [0.1, 0.15) is 12.4 Å². The fourth-order valence-corrected chi connectivity index (χ4v) is 4.42. The smallest absolute Gasteiger partial charge is 0.264 e. The number of carbonyl (C=O) groups is 1. The van der Waals surface area contributed by atoms with E-state index >= 15 is 0 Å². The molecule has 32 heavy (non-hydrogen) atoms. The van der Waals surface area contributed by atoms with E-state index in [4.69, 9.17) is 0 Å². The van der Waals surface area contributed by atoms with E-state index in [0.29, 0.717) is 17.0 Å². The Morgan fingerprint density at radius 3 is 2.25 bits per heavy atom. The van der Waals surface area contributed by atoms with E-state index in [1.165, 1.54) is 24.3 Å². The summed E-state index contributed by atoms with van der Waals surface area (Å²) in [6, 6.07) is 18.8. The Hall–Kier alpha value is -3.52. The molecule has 0 aliphatic carbocycles. The second-order valence-corrected chi connectivity index (χ2v) is 9.19. The van der Waals surface area contributed by atoms with Crippen molar-refractivity contribution in [1.29, 1.82) is 0 Å². The Morgan fingerprint density at radius 2 is 1.62 bits per heavy atom. The van der Waals surface area contributed by atoms with Crippen molar-refractivity contribution < 1.29 is 17.6 Å². The standard InChI is InChI=1S/C24H24FN3O3S/c1-17-9-14-22(15-18(17)2)28(32(30,31)23-7-5-4-6-8-23)16-24(29)27-26-19(3)20-10-12-21(25)13-11-20/h4-15H,16H2,1-3H3,(H,27,29)/b26-19-. The lowest BCUT2D eigenvalue weighted by Crippen LogP contribution is -2.39. The maximum absolute atomic E-state index is 13.3. The average Bonchev–Trinajstić information content (AvgIpc) is 2.78. The van der Waals surface area contributed by atoms with E-state index in [1.54, 1.807) is 49.4 Å². The number of nitrogens with zero attached hydrogens (tertiary/aromatic N) is 2. The fraction of sp³-hybridized carbons (Fsp3) is 0.167. The highest BCUT2D eigenvalue weighted by atomic mass is 32.2. The number of hydrazone groups is 1. The summed E-state index contributed by atoms with van der Waals surface area (Å²) >= 11 is 0. The maximum atomic E-state index is 13.3. The molecule has 0 aliphatic rings. The number of benzene rings is 3. The van der Waals surface area contributed by atoms with E-state index in [9.17, 15) is 17.6 Å². The SMILES string of the molecule is C/C(=N/NC(=O)CN(c1ccc(C)c(C)c1)S(=O)(=O)c1ccccc1)c1ccc(F)cc1. The maximum Gasteiger partial charge on any atom is 0.264 e.